The zero-order valence-electron chi connectivity index (χ0n) is 14.7. The standard InChI is InChI=1S/C20H21ClN2O4/c21-15-2-1-3-16(8-15)27-18-7-14-11-23(10-13(14)6-17(18)24)20(26)12-4-5-19(25)22-9-12/h1-5,8-9,13-14,17-18,24H,6-7,10-11H2,(H,22,25)/t13-,14+,17+,18+/m0/s1. The Morgan fingerprint density at radius 3 is 2.67 bits per heavy atom. The molecule has 2 aliphatic rings. The lowest BCUT2D eigenvalue weighted by atomic mass is 9.78. The molecule has 0 bridgehead atoms. The second-order valence-electron chi connectivity index (χ2n) is 7.32. The summed E-state index contributed by atoms with van der Waals surface area (Å²) < 4.78 is 5.97. The topological polar surface area (TPSA) is 82.6 Å². The molecule has 2 N–H and O–H groups in total. The fraction of sp³-hybridized carbons (Fsp3) is 0.400. The van der Waals surface area contributed by atoms with E-state index in [9.17, 15) is 14.7 Å². The van der Waals surface area contributed by atoms with Gasteiger partial charge in [0.25, 0.3) is 5.91 Å². The molecule has 2 heterocycles. The normalized spacial score (nSPS) is 27.3. The Bertz CT molecular complexity index is 879. The molecule has 1 amide bonds. The summed E-state index contributed by atoms with van der Waals surface area (Å²) in [6.45, 7) is 1.24. The number of likely N-dealkylation sites (tertiary alicyclic amines) is 1. The van der Waals surface area contributed by atoms with Gasteiger partial charge in [-0.15, -0.1) is 0 Å². The van der Waals surface area contributed by atoms with Crippen LogP contribution < -0.4 is 10.3 Å². The van der Waals surface area contributed by atoms with Crippen LogP contribution in [-0.2, 0) is 0 Å². The van der Waals surface area contributed by atoms with Crippen LogP contribution >= 0.6 is 11.6 Å². The predicted octanol–water partition coefficient (Wildman–Crippen LogP) is 2.32. The molecule has 0 unspecified atom stereocenters. The smallest absolute Gasteiger partial charge is 0.255 e. The molecule has 0 spiro atoms. The van der Waals surface area contributed by atoms with E-state index in [0.29, 0.717) is 42.3 Å². The molecule has 2 fully saturated rings. The van der Waals surface area contributed by atoms with Crippen LogP contribution in [0.5, 0.6) is 5.75 Å². The van der Waals surface area contributed by atoms with Crippen molar-refractivity contribution in [3.8, 4) is 5.75 Å². The van der Waals surface area contributed by atoms with Crippen LogP contribution in [0.3, 0.4) is 0 Å². The van der Waals surface area contributed by atoms with Crippen LogP contribution in [0, 0.1) is 11.8 Å². The number of aliphatic hydroxyl groups excluding tert-OH is 1. The van der Waals surface area contributed by atoms with Gasteiger partial charge in [-0.2, -0.15) is 0 Å². The minimum Gasteiger partial charge on any atom is -0.488 e. The van der Waals surface area contributed by atoms with Crippen molar-refractivity contribution in [2.24, 2.45) is 11.8 Å². The van der Waals surface area contributed by atoms with E-state index >= 15 is 0 Å². The summed E-state index contributed by atoms with van der Waals surface area (Å²) in [6, 6.07) is 10.1. The first-order chi connectivity index (χ1) is 13.0. The van der Waals surface area contributed by atoms with E-state index < -0.39 is 6.10 Å². The van der Waals surface area contributed by atoms with E-state index in [-0.39, 0.29) is 29.4 Å². The van der Waals surface area contributed by atoms with Gasteiger partial charge >= 0.3 is 0 Å². The van der Waals surface area contributed by atoms with Crippen LogP contribution in [0.2, 0.25) is 5.02 Å². The van der Waals surface area contributed by atoms with E-state index in [1.54, 1.807) is 23.1 Å². The monoisotopic (exact) mass is 388 g/mol. The molecule has 0 radical (unpaired) electrons. The Morgan fingerprint density at radius 2 is 1.96 bits per heavy atom. The van der Waals surface area contributed by atoms with Gasteiger partial charge in [-0.25, -0.2) is 0 Å². The number of rotatable bonds is 3. The number of amides is 1. The number of hydrogen-bond donors (Lipinski definition) is 2. The molecule has 1 aromatic heterocycles. The quantitative estimate of drug-likeness (QED) is 0.845. The van der Waals surface area contributed by atoms with E-state index in [0.717, 1.165) is 0 Å². The Kier molecular flexibility index (Phi) is 4.93. The van der Waals surface area contributed by atoms with E-state index in [1.807, 2.05) is 12.1 Å². The second kappa shape index (κ2) is 7.37. The van der Waals surface area contributed by atoms with Crippen molar-refractivity contribution in [2.45, 2.75) is 25.0 Å². The number of halogens is 1. The number of nitrogens with one attached hydrogen (secondary N) is 1. The number of carbonyl (C=O) groups is 1. The summed E-state index contributed by atoms with van der Waals surface area (Å²) in [7, 11) is 0. The lowest BCUT2D eigenvalue weighted by Crippen LogP contribution is -2.42. The number of pyridine rings is 1. The largest absolute Gasteiger partial charge is 0.488 e. The molecule has 1 aliphatic heterocycles. The number of benzene rings is 1. The van der Waals surface area contributed by atoms with Crippen molar-refractivity contribution >= 4 is 17.5 Å². The summed E-state index contributed by atoms with van der Waals surface area (Å²) in [5.41, 5.74) is 0.242. The molecule has 1 saturated carbocycles. The lowest BCUT2D eigenvalue weighted by molar-refractivity contribution is -0.0231. The van der Waals surface area contributed by atoms with Gasteiger partial charge in [0.05, 0.1) is 11.7 Å². The van der Waals surface area contributed by atoms with Crippen molar-refractivity contribution in [3.63, 3.8) is 0 Å². The van der Waals surface area contributed by atoms with Crippen molar-refractivity contribution in [1.82, 2.24) is 9.88 Å². The van der Waals surface area contributed by atoms with Crippen molar-refractivity contribution in [2.75, 3.05) is 13.1 Å². The number of ether oxygens (including phenoxy) is 1. The molecule has 1 saturated heterocycles. The zero-order valence-corrected chi connectivity index (χ0v) is 15.4. The van der Waals surface area contributed by atoms with Gasteiger partial charge in [-0.05, 0) is 48.9 Å². The van der Waals surface area contributed by atoms with Gasteiger partial charge in [0, 0.05) is 30.4 Å². The van der Waals surface area contributed by atoms with Gasteiger partial charge < -0.3 is 19.7 Å². The number of aromatic nitrogens is 1. The molecule has 6 nitrogen and oxygen atoms in total. The highest BCUT2D eigenvalue weighted by Gasteiger charge is 2.44. The third kappa shape index (κ3) is 3.87. The van der Waals surface area contributed by atoms with Gasteiger partial charge in [-0.3, -0.25) is 9.59 Å². The lowest BCUT2D eigenvalue weighted by Gasteiger charge is -2.35. The number of aliphatic hydroxyl groups is 1. The number of H-pyrrole nitrogens is 1. The van der Waals surface area contributed by atoms with Crippen molar-refractivity contribution in [1.29, 1.82) is 0 Å². The molecule has 4 atom stereocenters. The maximum absolute atomic E-state index is 12.7. The highest BCUT2D eigenvalue weighted by atomic mass is 35.5. The van der Waals surface area contributed by atoms with Crippen LogP contribution in [0.25, 0.3) is 0 Å². The molecule has 7 heteroatoms. The Labute approximate surface area is 161 Å². The highest BCUT2D eigenvalue weighted by Crippen LogP contribution is 2.38. The Morgan fingerprint density at radius 1 is 1.19 bits per heavy atom. The van der Waals surface area contributed by atoms with Gasteiger partial charge in [0.2, 0.25) is 5.56 Å². The van der Waals surface area contributed by atoms with Gasteiger partial charge in [-0.1, -0.05) is 17.7 Å². The van der Waals surface area contributed by atoms with Crippen molar-refractivity contribution in [3.05, 3.63) is 63.5 Å². The molecule has 2 aromatic rings. The average molecular weight is 389 g/mol. The second-order valence-corrected chi connectivity index (χ2v) is 7.76. The molecule has 142 valence electrons. The van der Waals surface area contributed by atoms with E-state index in [2.05, 4.69) is 4.98 Å². The molecular weight excluding hydrogens is 368 g/mol. The maximum atomic E-state index is 12.7. The summed E-state index contributed by atoms with van der Waals surface area (Å²) in [4.78, 5) is 28.2. The first kappa shape index (κ1) is 18.1. The SMILES string of the molecule is O=C(c1ccc(=O)[nH]c1)N1C[C@H]2C[C@@H](Oc3cccc(Cl)c3)[C@H](O)C[C@H]2C1. The number of aromatic amines is 1. The van der Waals surface area contributed by atoms with E-state index in [4.69, 9.17) is 16.3 Å². The maximum Gasteiger partial charge on any atom is 0.255 e. The summed E-state index contributed by atoms with van der Waals surface area (Å²) in [6.07, 6.45) is 1.85. The van der Waals surface area contributed by atoms with Crippen LogP contribution in [-0.4, -0.2) is 46.2 Å². The summed E-state index contributed by atoms with van der Waals surface area (Å²) in [5.74, 6) is 1.09. The van der Waals surface area contributed by atoms with Crippen molar-refractivity contribution < 1.29 is 14.6 Å². The summed E-state index contributed by atoms with van der Waals surface area (Å²) in [5, 5.41) is 11.1. The fourth-order valence-corrected chi connectivity index (χ4v) is 4.30. The zero-order chi connectivity index (χ0) is 19.0. The predicted molar refractivity (Wildman–Crippen MR) is 101 cm³/mol. The minimum atomic E-state index is -0.576. The van der Waals surface area contributed by atoms with Gasteiger partial charge in [0.1, 0.15) is 11.9 Å². The Hall–Kier alpha value is -2.31. The molecular formula is C20H21ClN2O4. The average Bonchev–Trinajstić information content (AvgIpc) is 3.05. The molecule has 1 aromatic carbocycles. The number of nitrogens with zero attached hydrogens (tertiary/aromatic N) is 1. The first-order valence-corrected chi connectivity index (χ1v) is 9.45. The van der Waals surface area contributed by atoms with Gasteiger partial charge in [0.15, 0.2) is 0 Å². The Balaban J connectivity index is 1.43. The molecule has 1 aliphatic carbocycles. The fourth-order valence-electron chi connectivity index (χ4n) is 4.12. The third-order valence-corrected chi connectivity index (χ3v) is 5.72. The number of fused-ring (bicyclic) bond motifs is 1. The van der Waals surface area contributed by atoms with Crippen LogP contribution in [0.1, 0.15) is 23.2 Å². The highest BCUT2D eigenvalue weighted by molar-refractivity contribution is 6.30. The first-order valence-electron chi connectivity index (χ1n) is 9.08. The molecule has 27 heavy (non-hydrogen) atoms. The van der Waals surface area contributed by atoms with E-state index in [1.165, 1.54) is 12.3 Å². The summed E-state index contributed by atoms with van der Waals surface area (Å²) >= 11 is 6.00. The number of hydrogen-bond acceptors (Lipinski definition) is 4. The van der Waals surface area contributed by atoms with Crippen LogP contribution in [0.15, 0.2) is 47.4 Å². The number of carbonyl (C=O) groups excluding carboxylic acids is 1. The van der Waals surface area contributed by atoms with Crippen LogP contribution in [0.4, 0.5) is 0 Å². The molecule has 4 rings (SSSR count). The third-order valence-electron chi connectivity index (χ3n) is 5.49. The minimum absolute atomic E-state index is 0.0950.